The number of nitrogens with one attached hydrogen (secondary N) is 1. The molecule has 3 aliphatic heterocycles. The van der Waals surface area contributed by atoms with E-state index in [9.17, 15) is 35.1 Å². The molecule has 1 spiro atoms. The summed E-state index contributed by atoms with van der Waals surface area (Å²) in [6, 6.07) is 21.7. The van der Waals surface area contributed by atoms with Gasteiger partial charge in [-0.15, -0.1) is 5.10 Å². The number of aliphatic hydroxyl groups excluding tert-OH is 5. The van der Waals surface area contributed by atoms with Crippen molar-refractivity contribution in [2.24, 2.45) is 5.92 Å². The number of benzene rings is 3. The van der Waals surface area contributed by atoms with Crippen LogP contribution in [0.15, 0.2) is 83.5 Å². The van der Waals surface area contributed by atoms with E-state index < -0.39 is 68.2 Å². The third kappa shape index (κ3) is 7.36. The summed E-state index contributed by atoms with van der Waals surface area (Å²) in [5.41, 5.74) is 1.62. The van der Waals surface area contributed by atoms with Crippen LogP contribution in [0.2, 0.25) is 18.6 Å². The first-order valence-corrected chi connectivity index (χ1v) is 22.2. The second-order valence-electron chi connectivity index (χ2n) is 15.3. The largest absolute Gasteiger partial charge is 0.395 e. The maximum atomic E-state index is 16.5. The Kier molecular flexibility index (Phi) is 11.4. The van der Waals surface area contributed by atoms with E-state index in [0.717, 1.165) is 10.0 Å². The van der Waals surface area contributed by atoms with Gasteiger partial charge in [0.25, 0.3) is 11.8 Å². The molecule has 14 nitrogen and oxygen atoms in total. The van der Waals surface area contributed by atoms with Crippen molar-refractivity contribution < 1.29 is 48.7 Å². The van der Waals surface area contributed by atoms with Gasteiger partial charge >= 0.3 is 0 Å². The fourth-order valence-electron chi connectivity index (χ4n) is 8.56. The van der Waals surface area contributed by atoms with E-state index in [1.54, 1.807) is 53.1 Å². The minimum atomic E-state index is -3.46. The molecule has 2 saturated heterocycles. The van der Waals surface area contributed by atoms with Gasteiger partial charge < -0.3 is 49.3 Å². The van der Waals surface area contributed by atoms with Gasteiger partial charge in [0.2, 0.25) is 8.41 Å². The Morgan fingerprint density at radius 2 is 1.79 bits per heavy atom. The van der Waals surface area contributed by atoms with Crippen LogP contribution < -0.4 is 10.2 Å². The van der Waals surface area contributed by atoms with Crippen LogP contribution in [0.1, 0.15) is 41.6 Å². The highest BCUT2D eigenvalue weighted by atomic mass is 79.9. The average Bonchev–Trinajstić information content (AvgIpc) is 3.82. The lowest BCUT2D eigenvalue weighted by atomic mass is 9.82. The highest BCUT2D eigenvalue weighted by Gasteiger charge is 2.66. The van der Waals surface area contributed by atoms with Crippen LogP contribution in [-0.4, -0.2) is 104 Å². The topological polar surface area (TPSA) is 200 Å². The summed E-state index contributed by atoms with van der Waals surface area (Å²) in [6.07, 6.45) is -7.42. The van der Waals surface area contributed by atoms with E-state index >= 15 is 4.11 Å². The van der Waals surface area contributed by atoms with Crippen molar-refractivity contribution in [3.8, 4) is 0 Å². The summed E-state index contributed by atoms with van der Waals surface area (Å²) in [4.78, 5) is 29.5. The number of aliphatic hydroxyl groups is 5. The lowest BCUT2D eigenvalue weighted by Gasteiger charge is -2.37. The second-order valence-corrected chi connectivity index (χ2v) is 20.0. The SMILES string of the molecule is C[C@H]1[C@H]([Si](C)(C)F)[C@@H](CCn2cc(C(CO)c3ccccc3)nn2)O[C@]12C(=O)N(Cc1cccc(NC(=O)[C@H]3O[C@@H](O)[C@H](O)[C@@H](O)[C@@H]3O)c1)c1ccc(Br)cc12. The highest BCUT2D eigenvalue weighted by Crippen LogP contribution is 2.60. The Balaban J connectivity index is 1.12. The van der Waals surface area contributed by atoms with Crippen LogP contribution in [0.3, 0.4) is 0 Å². The van der Waals surface area contributed by atoms with Gasteiger partial charge in [-0.3, -0.25) is 14.3 Å². The van der Waals surface area contributed by atoms with Crippen LogP contribution in [0.5, 0.6) is 0 Å². The number of fused-ring (bicyclic) bond motifs is 2. The Bertz CT molecular complexity index is 2070. The summed E-state index contributed by atoms with van der Waals surface area (Å²) >= 11 is 3.57. The van der Waals surface area contributed by atoms with Gasteiger partial charge in [0.1, 0.15) is 18.3 Å². The van der Waals surface area contributed by atoms with Gasteiger partial charge in [-0.1, -0.05) is 70.5 Å². The normalized spacial score (nSPS) is 29.5. The highest BCUT2D eigenvalue weighted by molar-refractivity contribution is 9.10. The molecular formula is C39H45BrFN5O9Si. The Labute approximate surface area is 332 Å². The number of nitrogens with zero attached hydrogens (tertiary/aromatic N) is 4. The van der Waals surface area contributed by atoms with Crippen molar-refractivity contribution in [2.45, 2.75) is 93.4 Å². The maximum Gasteiger partial charge on any atom is 0.264 e. The number of hydrogen-bond donors (Lipinski definition) is 6. The monoisotopic (exact) mass is 853 g/mol. The van der Waals surface area contributed by atoms with Crippen molar-refractivity contribution in [1.29, 1.82) is 0 Å². The van der Waals surface area contributed by atoms with E-state index in [0.29, 0.717) is 35.5 Å². The standard InChI is InChI=1S/C39H45BrFN5O9Si/c1-21-35(56(2,3)41)30(14-15-45-19-28(43-44-45)26(20-47)23-9-5-4-6-10-23)55-39(21)27-17-24(40)12-13-29(27)46(38(39)53)18-22-8-7-11-25(16-22)42-36(51)34-32(49)31(48)33(50)37(52)54-34/h4-13,16-17,19,21,26,30-35,37,47-50,52H,14-15,18,20H2,1-3H3,(H,42,51)/t21-,26?,30+,31-,32-,33+,34-,35-,37+,39+/m0/s1. The van der Waals surface area contributed by atoms with Crippen LogP contribution in [0, 0.1) is 5.92 Å². The minimum absolute atomic E-state index is 0.0716. The number of carbonyl (C=O) groups is 2. The first-order valence-electron chi connectivity index (χ1n) is 18.5. The number of aryl methyl sites for hydroxylation is 1. The molecule has 2 amide bonds. The number of hydrogen-bond acceptors (Lipinski definition) is 11. The van der Waals surface area contributed by atoms with E-state index in [4.69, 9.17) is 9.47 Å². The van der Waals surface area contributed by atoms with Crippen LogP contribution in [0.25, 0.3) is 0 Å². The van der Waals surface area contributed by atoms with Crippen molar-refractivity contribution in [2.75, 3.05) is 16.8 Å². The third-order valence-corrected chi connectivity index (χ3v) is 14.2. The van der Waals surface area contributed by atoms with E-state index in [2.05, 4.69) is 31.6 Å². The molecule has 0 radical (unpaired) electrons. The van der Waals surface area contributed by atoms with Gasteiger partial charge in [0.05, 0.1) is 36.6 Å². The van der Waals surface area contributed by atoms with Gasteiger partial charge in [-0.25, -0.2) is 0 Å². The molecule has 4 aromatic rings. The summed E-state index contributed by atoms with van der Waals surface area (Å²) in [5, 5.41) is 61.5. The van der Waals surface area contributed by atoms with Crippen LogP contribution in [-0.2, 0) is 37.8 Å². The Morgan fingerprint density at radius 1 is 1.04 bits per heavy atom. The zero-order valence-electron chi connectivity index (χ0n) is 30.9. The molecule has 10 atom stereocenters. The molecule has 3 aromatic carbocycles. The summed E-state index contributed by atoms with van der Waals surface area (Å²) in [5.74, 6) is -2.09. The first-order chi connectivity index (χ1) is 26.6. The Hall–Kier alpha value is -3.91. The zero-order valence-corrected chi connectivity index (χ0v) is 33.5. The molecule has 0 aliphatic carbocycles. The molecule has 1 aromatic heterocycles. The van der Waals surface area contributed by atoms with E-state index in [1.807, 2.05) is 55.5 Å². The number of carbonyl (C=O) groups excluding carboxylic acids is 2. The maximum absolute atomic E-state index is 16.5. The predicted octanol–water partition coefficient (Wildman–Crippen LogP) is 3.32. The lowest BCUT2D eigenvalue weighted by molar-refractivity contribution is -0.274. The number of halogens is 2. The predicted molar refractivity (Wildman–Crippen MR) is 207 cm³/mol. The van der Waals surface area contributed by atoms with Gasteiger partial charge in [0.15, 0.2) is 18.0 Å². The second kappa shape index (κ2) is 15.8. The molecule has 3 aliphatic rings. The Morgan fingerprint density at radius 3 is 2.50 bits per heavy atom. The smallest absolute Gasteiger partial charge is 0.264 e. The van der Waals surface area contributed by atoms with Gasteiger partial charge in [-0.2, -0.15) is 0 Å². The molecule has 7 rings (SSSR count). The average molecular weight is 855 g/mol. The van der Waals surface area contributed by atoms with Crippen LogP contribution in [0.4, 0.5) is 15.5 Å². The molecule has 4 heterocycles. The van der Waals surface area contributed by atoms with E-state index in [1.165, 1.54) is 0 Å². The number of amides is 2. The third-order valence-electron chi connectivity index (χ3n) is 11.2. The van der Waals surface area contributed by atoms with E-state index in [-0.39, 0.29) is 30.7 Å². The number of ether oxygens (including phenoxy) is 2. The minimum Gasteiger partial charge on any atom is -0.395 e. The molecule has 1 unspecified atom stereocenters. The number of aromatic nitrogens is 3. The lowest BCUT2D eigenvalue weighted by Crippen LogP contribution is -2.60. The van der Waals surface area contributed by atoms with Crippen molar-refractivity contribution >= 4 is 47.5 Å². The molecule has 0 saturated carbocycles. The summed E-state index contributed by atoms with van der Waals surface area (Å²) < 4.78 is 30.8. The first kappa shape index (κ1) is 40.3. The van der Waals surface area contributed by atoms with Gasteiger partial charge in [0, 0.05) is 39.9 Å². The van der Waals surface area contributed by atoms with Crippen LogP contribution >= 0.6 is 15.9 Å². The van der Waals surface area contributed by atoms with Crippen molar-refractivity contribution in [3.05, 3.63) is 106 Å². The molecular weight excluding hydrogens is 809 g/mol. The molecule has 6 N–H and O–H groups in total. The molecule has 17 heteroatoms. The van der Waals surface area contributed by atoms with Crippen molar-refractivity contribution in [1.82, 2.24) is 15.0 Å². The molecule has 0 bridgehead atoms. The zero-order chi connectivity index (χ0) is 40.1. The number of anilines is 2. The van der Waals surface area contributed by atoms with Gasteiger partial charge in [-0.05, 0) is 61.0 Å². The van der Waals surface area contributed by atoms with Crippen molar-refractivity contribution in [3.63, 3.8) is 0 Å². The number of rotatable bonds is 11. The fourth-order valence-corrected chi connectivity index (χ4v) is 11.5. The molecule has 298 valence electrons. The quantitative estimate of drug-likeness (QED) is 0.0956. The molecule has 2 fully saturated rings. The summed E-state index contributed by atoms with van der Waals surface area (Å²) in [7, 11) is -3.46. The summed E-state index contributed by atoms with van der Waals surface area (Å²) in [6.45, 7) is 5.44. The fraction of sp³-hybridized carbons (Fsp3) is 0.436. The molecule has 56 heavy (non-hydrogen) atoms.